The average molecular weight is 442 g/mol. The molecular formula is C21H20ClN5O4. The Morgan fingerprint density at radius 2 is 1.90 bits per heavy atom. The summed E-state index contributed by atoms with van der Waals surface area (Å²) in [5.41, 5.74) is 1.78. The zero-order valence-electron chi connectivity index (χ0n) is 16.5. The molecule has 4 rings (SSSR count). The summed E-state index contributed by atoms with van der Waals surface area (Å²) in [4.78, 5) is 42.4. The van der Waals surface area contributed by atoms with Crippen LogP contribution in [0.15, 0.2) is 48.7 Å². The second-order valence-corrected chi connectivity index (χ2v) is 7.66. The molecule has 1 aromatic heterocycles. The van der Waals surface area contributed by atoms with Crippen molar-refractivity contribution in [2.24, 2.45) is 0 Å². The van der Waals surface area contributed by atoms with E-state index in [9.17, 15) is 19.7 Å². The molecule has 2 heterocycles. The third kappa shape index (κ3) is 4.46. The van der Waals surface area contributed by atoms with E-state index in [0.717, 1.165) is 5.69 Å². The van der Waals surface area contributed by atoms with Crippen molar-refractivity contribution in [1.82, 2.24) is 15.2 Å². The maximum Gasteiger partial charge on any atom is 0.270 e. The number of halogens is 1. The van der Waals surface area contributed by atoms with Crippen LogP contribution in [0.25, 0.3) is 10.9 Å². The number of carbonyl (C=O) groups is 2. The number of non-ortho nitro benzene ring substituents is 1. The van der Waals surface area contributed by atoms with Gasteiger partial charge >= 0.3 is 0 Å². The minimum atomic E-state index is -0.513. The number of carbonyl (C=O) groups excluding carboxylic acids is 2. The molecule has 10 heteroatoms. The van der Waals surface area contributed by atoms with E-state index in [1.807, 2.05) is 24.3 Å². The fraction of sp³-hybridized carbons (Fsp3) is 0.238. The van der Waals surface area contributed by atoms with Gasteiger partial charge in [-0.1, -0.05) is 17.7 Å². The van der Waals surface area contributed by atoms with E-state index in [2.05, 4.69) is 15.2 Å². The molecule has 0 unspecified atom stereocenters. The Morgan fingerprint density at radius 1 is 1.13 bits per heavy atom. The zero-order chi connectivity index (χ0) is 22.0. The third-order valence-electron chi connectivity index (χ3n) is 5.33. The first-order valence-electron chi connectivity index (χ1n) is 9.74. The van der Waals surface area contributed by atoms with Gasteiger partial charge in [-0.05, 0) is 24.3 Å². The summed E-state index contributed by atoms with van der Waals surface area (Å²) >= 11 is 6.05. The lowest BCUT2D eigenvalue weighted by atomic mass is 10.1. The molecule has 3 aromatic rings. The minimum absolute atomic E-state index is 0.102. The third-order valence-corrected chi connectivity index (χ3v) is 5.56. The summed E-state index contributed by atoms with van der Waals surface area (Å²) in [7, 11) is 0. The number of anilines is 1. The Kier molecular flexibility index (Phi) is 5.77. The summed E-state index contributed by atoms with van der Waals surface area (Å²) in [5.74, 6) is -0.637. The Balaban J connectivity index is 1.34. The largest absolute Gasteiger partial charge is 0.368 e. The lowest BCUT2D eigenvalue weighted by molar-refractivity contribution is -0.384. The average Bonchev–Trinajstić information content (AvgIpc) is 3.20. The van der Waals surface area contributed by atoms with Gasteiger partial charge < -0.3 is 20.1 Å². The van der Waals surface area contributed by atoms with Gasteiger partial charge in [0.25, 0.3) is 11.6 Å². The standard InChI is InChI=1S/C21H20ClN5O4/c22-14-2-1-3-15(10-14)25-6-8-26(9-7-25)20(28)13-24-21(29)18-12-23-19-5-4-16(27(30)31)11-17(18)19/h1-5,10-12,23H,6-9,13H2,(H,24,29). The van der Waals surface area contributed by atoms with Crippen molar-refractivity contribution in [2.75, 3.05) is 37.6 Å². The molecule has 1 fully saturated rings. The molecule has 31 heavy (non-hydrogen) atoms. The first-order valence-corrected chi connectivity index (χ1v) is 10.1. The number of fused-ring (bicyclic) bond motifs is 1. The number of benzene rings is 2. The maximum absolute atomic E-state index is 12.6. The Labute approximate surface area is 182 Å². The molecule has 2 N–H and O–H groups in total. The normalized spacial score (nSPS) is 14.0. The topological polar surface area (TPSA) is 112 Å². The Morgan fingerprint density at radius 3 is 2.61 bits per heavy atom. The summed E-state index contributed by atoms with van der Waals surface area (Å²) in [5, 5.41) is 14.7. The van der Waals surface area contributed by atoms with Crippen molar-refractivity contribution < 1.29 is 14.5 Å². The number of rotatable bonds is 5. The molecular weight excluding hydrogens is 422 g/mol. The molecule has 1 aliphatic rings. The van der Waals surface area contributed by atoms with Gasteiger partial charge in [0.1, 0.15) is 0 Å². The lowest BCUT2D eigenvalue weighted by Gasteiger charge is -2.36. The molecule has 9 nitrogen and oxygen atoms in total. The van der Waals surface area contributed by atoms with E-state index < -0.39 is 10.8 Å². The SMILES string of the molecule is O=C(NCC(=O)N1CCN(c2cccc(Cl)c2)CC1)c1c[nH]c2ccc([N+](=O)[O-])cc12. The number of nitro groups is 1. The Hall–Kier alpha value is -3.59. The predicted octanol–water partition coefficient (Wildman–Crippen LogP) is 2.81. The van der Waals surface area contributed by atoms with Crippen LogP contribution in [-0.2, 0) is 4.79 Å². The number of hydrogen-bond acceptors (Lipinski definition) is 5. The van der Waals surface area contributed by atoms with E-state index in [1.54, 1.807) is 11.0 Å². The van der Waals surface area contributed by atoms with Crippen molar-refractivity contribution in [2.45, 2.75) is 0 Å². The van der Waals surface area contributed by atoms with Crippen LogP contribution in [0.3, 0.4) is 0 Å². The van der Waals surface area contributed by atoms with Crippen molar-refractivity contribution in [3.8, 4) is 0 Å². The quantitative estimate of drug-likeness (QED) is 0.467. The molecule has 0 atom stereocenters. The number of nitrogens with zero attached hydrogens (tertiary/aromatic N) is 3. The van der Waals surface area contributed by atoms with Crippen molar-refractivity contribution in [3.63, 3.8) is 0 Å². The van der Waals surface area contributed by atoms with Crippen LogP contribution in [0.4, 0.5) is 11.4 Å². The van der Waals surface area contributed by atoms with Gasteiger partial charge in [-0.15, -0.1) is 0 Å². The minimum Gasteiger partial charge on any atom is -0.368 e. The van der Waals surface area contributed by atoms with Gasteiger partial charge in [-0.3, -0.25) is 19.7 Å². The van der Waals surface area contributed by atoms with Gasteiger partial charge in [0.05, 0.1) is 17.0 Å². The number of amides is 2. The number of nitrogens with one attached hydrogen (secondary N) is 2. The van der Waals surface area contributed by atoms with Gasteiger partial charge in [-0.2, -0.15) is 0 Å². The van der Waals surface area contributed by atoms with Gasteiger partial charge in [0.15, 0.2) is 0 Å². The summed E-state index contributed by atoms with van der Waals surface area (Å²) in [6.07, 6.45) is 1.48. The highest BCUT2D eigenvalue weighted by molar-refractivity contribution is 6.30. The molecule has 1 aliphatic heterocycles. The van der Waals surface area contributed by atoms with Crippen LogP contribution in [-0.4, -0.2) is 59.3 Å². The molecule has 0 spiro atoms. The second-order valence-electron chi connectivity index (χ2n) is 7.22. The van der Waals surface area contributed by atoms with Gasteiger partial charge in [0.2, 0.25) is 5.91 Å². The number of aromatic amines is 1. The molecule has 0 saturated carbocycles. The Bertz CT molecular complexity index is 1150. The van der Waals surface area contributed by atoms with Crippen LogP contribution in [0.1, 0.15) is 10.4 Å². The molecule has 2 amide bonds. The zero-order valence-corrected chi connectivity index (χ0v) is 17.3. The van der Waals surface area contributed by atoms with E-state index >= 15 is 0 Å². The van der Waals surface area contributed by atoms with Crippen LogP contribution >= 0.6 is 11.6 Å². The molecule has 0 bridgehead atoms. The van der Waals surface area contributed by atoms with Crippen molar-refractivity contribution in [1.29, 1.82) is 0 Å². The number of H-pyrrole nitrogens is 1. The van der Waals surface area contributed by atoms with E-state index in [-0.39, 0.29) is 23.7 Å². The monoisotopic (exact) mass is 441 g/mol. The lowest BCUT2D eigenvalue weighted by Crippen LogP contribution is -2.51. The van der Waals surface area contributed by atoms with Crippen LogP contribution in [0.5, 0.6) is 0 Å². The molecule has 0 radical (unpaired) electrons. The highest BCUT2D eigenvalue weighted by Crippen LogP contribution is 2.24. The highest BCUT2D eigenvalue weighted by Gasteiger charge is 2.22. The van der Waals surface area contributed by atoms with Crippen LogP contribution < -0.4 is 10.2 Å². The van der Waals surface area contributed by atoms with Crippen LogP contribution in [0.2, 0.25) is 5.02 Å². The summed E-state index contributed by atoms with van der Waals surface area (Å²) in [6.45, 7) is 2.29. The van der Waals surface area contributed by atoms with Crippen molar-refractivity contribution in [3.05, 3.63) is 69.4 Å². The van der Waals surface area contributed by atoms with E-state index in [4.69, 9.17) is 11.6 Å². The molecule has 1 saturated heterocycles. The molecule has 2 aromatic carbocycles. The first kappa shape index (κ1) is 20.7. The van der Waals surface area contributed by atoms with Gasteiger partial charge in [0, 0.05) is 66.1 Å². The number of hydrogen-bond donors (Lipinski definition) is 2. The van der Waals surface area contributed by atoms with E-state index in [0.29, 0.717) is 42.1 Å². The summed E-state index contributed by atoms with van der Waals surface area (Å²) in [6, 6.07) is 11.9. The number of aromatic nitrogens is 1. The number of piperazine rings is 1. The predicted molar refractivity (Wildman–Crippen MR) is 118 cm³/mol. The van der Waals surface area contributed by atoms with Crippen molar-refractivity contribution >= 4 is 45.7 Å². The molecule has 0 aliphatic carbocycles. The number of nitro benzene ring substituents is 1. The highest BCUT2D eigenvalue weighted by atomic mass is 35.5. The fourth-order valence-corrected chi connectivity index (χ4v) is 3.84. The van der Waals surface area contributed by atoms with E-state index in [1.165, 1.54) is 18.3 Å². The fourth-order valence-electron chi connectivity index (χ4n) is 3.66. The molecule has 160 valence electrons. The summed E-state index contributed by atoms with van der Waals surface area (Å²) < 4.78 is 0. The second kappa shape index (κ2) is 8.65. The smallest absolute Gasteiger partial charge is 0.270 e. The van der Waals surface area contributed by atoms with Crippen LogP contribution in [0, 0.1) is 10.1 Å². The van der Waals surface area contributed by atoms with Gasteiger partial charge in [-0.25, -0.2) is 0 Å². The first-order chi connectivity index (χ1) is 14.9. The maximum atomic E-state index is 12.6.